The number of aromatic nitrogens is 3. The molecule has 0 saturated heterocycles. The highest BCUT2D eigenvalue weighted by Crippen LogP contribution is 1.79. The lowest BCUT2D eigenvalue weighted by atomic mass is 11.2. The van der Waals surface area contributed by atoms with Gasteiger partial charge >= 0.3 is 0 Å². The SMILES string of the molecule is S=c1[nH]ncn1NNN=NCl. The van der Waals surface area contributed by atoms with Crippen molar-refractivity contribution in [3.63, 3.8) is 0 Å². The van der Waals surface area contributed by atoms with Gasteiger partial charge in [-0.05, 0) is 17.4 Å². The summed E-state index contributed by atoms with van der Waals surface area (Å²) in [4.78, 5) is 0. The van der Waals surface area contributed by atoms with Crippen LogP contribution in [0.15, 0.2) is 16.2 Å². The summed E-state index contributed by atoms with van der Waals surface area (Å²) < 4.78 is 4.71. The maximum absolute atomic E-state index is 4.88. The molecule has 0 saturated carbocycles. The van der Waals surface area contributed by atoms with E-state index in [9.17, 15) is 0 Å². The molecule has 0 fully saturated rings. The first-order valence-corrected chi connectivity index (χ1v) is 3.23. The predicted molar refractivity (Wildman–Crippen MR) is 40.6 cm³/mol. The van der Waals surface area contributed by atoms with Gasteiger partial charge < -0.3 is 0 Å². The number of rotatable bonds is 3. The average molecular weight is 194 g/mol. The fourth-order valence-corrected chi connectivity index (χ4v) is 0.606. The molecule has 0 atom stereocenters. The monoisotopic (exact) mass is 193 g/mol. The van der Waals surface area contributed by atoms with Crippen molar-refractivity contribution in [2.45, 2.75) is 0 Å². The summed E-state index contributed by atoms with van der Waals surface area (Å²) in [5.74, 6) is 0. The molecule has 0 unspecified atom stereocenters. The third-order valence-corrected chi connectivity index (χ3v) is 1.17. The first-order chi connectivity index (χ1) is 5.34. The van der Waals surface area contributed by atoms with Gasteiger partial charge in [-0.2, -0.15) is 10.6 Å². The molecule has 0 radical (unpaired) electrons. The first kappa shape index (κ1) is 7.95. The molecule has 60 valence electrons. The molecular weight excluding hydrogens is 190 g/mol. The van der Waals surface area contributed by atoms with Gasteiger partial charge in [0.15, 0.2) is 0 Å². The summed E-state index contributed by atoms with van der Waals surface area (Å²) in [6.45, 7) is 0. The van der Waals surface area contributed by atoms with E-state index in [-0.39, 0.29) is 0 Å². The zero-order valence-corrected chi connectivity index (χ0v) is 6.72. The van der Waals surface area contributed by atoms with Crippen molar-refractivity contribution in [1.82, 2.24) is 20.4 Å². The van der Waals surface area contributed by atoms with E-state index in [1.807, 2.05) is 0 Å². The number of hydrogen-bond donors (Lipinski definition) is 3. The molecule has 11 heavy (non-hydrogen) atoms. The van der Waals surface area contributed by atoms with Gasteiger partial charge in [-0.15, -0.1) is 0 Å². The van der Waals surface area contributed by atoms with Gasteiger partial charge in [0.2, 0.25) is 4.77 Å². The largest absolute Gasteiger partial charge is 0.250 e. The lowest BCUT2D eigenvalue weighted by molar-refractivity contribution is 0.680. The number of nitrogens with zero attached hydrogens (tertiary/aromatic N) is 4. The summed E-state index contributed by atoms with van der Waals surface area (Å²) in [7, 11) is 0. The van der Waals surface area contributed by atoms with E-state index in [2.05, 4.69) is 31.1 Å². The number of H-pyrrole nitrogens is 1. The molecule has 9 heteroatoms. The fraction of sp³-hybridized carbons (Fsp3) is 0. The van der Waals surface area contributed by atoms with Crippen molar-refractivity contribution >= 4 is 24.0 Å². The van der Waals surface area contributed by atoms with Crippen LogP contribution in [0.5, 0.6) is 0 Å². The zero-order valence-electron chi connectivity index (χ0n) is 5.15. The van der Waals surface area contributed by atoms with Crippen molar-refractivity contribution < 1.29 is 0 Å². The highest BCUT2D eigenvalue weighted by atomic mass is 35.5. The Balaban J connectivity index is 2.51. The summed E-state index contributed by atoms with van der Waals surface area (Å²) >= 11 is 9.65. The Hall–Kier alpha value is -1.15. The molecule has 1 aromatic heterocycles. The van der Waals surface area contributed by atoms with Crippen LogP contribution in [0.25, 0.3) is 0 Å². The molecule has 3 N–H and O–H groups in total. The topological polar surface area (TPSA) is 82.4 Å². The van der Waals surface area contributed by atoms with Crippen molar-refractivity contribution in [3.8, 4) is 0 Å². The number of hydrazine groups is 1. The summed E-state index contributed by atoms with van der Waals surface area (Å²) in [6, 6.07) is 0. The van der Waals surface area contributed by atoms with Gasteiger partial charge in [0, 0.05) is 0 Å². The third-order valence-electron chi connectivity index (χ3n) is 0.810. The van der Waals surface area contributed by atoms with Crippen molar-refractivity contribution in [3.05, 3.63) is 11.1 Å². The Morgan fingerprint density at radius 3 is 3.18 bits per heavy atom. The van der Waals surface area contributed by atoms with E-state index >= 15 is 0 Å². The zero-order chi connectivity index (χ0) is 8.10. The van der Waals surface area contributed by atoms with Crippen molar-refractivity contribution in [1.29, 1.82) is 0 Å². The summed E-state index contributed by atoms with van der Waals surface area (Å²) in [5.41, 5.74) is 4.81. The maximum Gasteiger partial charge on any atom is 0.215 e. The lowest BCUT2D eigenvalue weighted by Gasteiger charge is -2.00. The van der Waals surface area contributed by atoms with E-state index in [0.717, 1.165) is 0 Å². The molecule has 1 heterocycles. The average Bonchev–Trinajstić information content (AvgIpc) is 2.37. The quantitative estimate of drug-likeness (QED) is 0.371. The minimum Gasteiger partial charge on any atom is -0.250 e. The summed E-state index contributed by atoms with van der Waals surface area (Å²) in [5, 5.41) is 9.35. The molecule has 0 aliphatic heterocycles. The molecular formula is C2H4ClN7S. The Bertz CT molecular complexity index is 287. The molecule has 0 bridgehead atoms. The minimum absolute atomic E-state index is 0.405. The fourth-order valence-electron chi connectivity index (χ4n) is 0.423. The molecule has 1 aromatic rings. The Morgan fingerprint density at radius 2 is 2.64 bits per heavy atom. The second-order valence-electron chi connectivity index (χ2n) is 1.43. The third kappa shape index (κ3) is 2.16. The van der Waals surface area contributed by atoms with Gasteiger partial charge in [-0.3, -0.25) is 5.10 Å². The normalized spacial score (nSPS) is 10.3. The van der Waals surface area contributed by atoms with Crippen LogP contribution in [0.1, 0.15) is 0 Å². The van der Waals surface area contributed by atoms with Crippen LogP contribution in [0.4, 0.5) is 0 Å². The minimum atomic E-state index is 0.405. The molecule has 0 aromatic carbocycles. The molecule has 7 nitrogen and oxygen atoms in total. The number of halogens is 1. The first-order valence-electron chi connectivity index (χ1n) is 2.48. The second kappa shape index (κ2) is 3.88. The van der Waals surface area contributed by atoms with E-state index in [1.54, 1.807) is 0 Å². The van der Waals surface area contributed by atoms with Crippen LogP contribution in [0.2, 0.25) is 0 Å². The Labute approximate surface area is 71.5 Å². The Morgan fingerprint density at radius 1 is 1.82 bits per heavy atom. The molecule has 0 aliphatic rings. The smallest absolute Gasteiger partial charge is 0.215 e. The van der Waals surface area contributed by atoms with Crippen molar-refractivity contribution in [2.75, 3.05) is 5.53 Å². The van der Waals surface area contributed by atoms with Crippen LogP contribution in [-0.2, 0) is 0 Å². The highest BCUT2D eigenvalue weighted by Gasteiger charge is 1.87. The van der Waals surface area contributed by atoms with Gasteiger partial charge in [-0.1, -0.05) is 4.63 Å². The van der Waals surface area contributed by atoms with E-state index in [1.165, 1.54) is 11.0 Å². The summed E-state index contributed by atoms with van der Waals surface area (Å²) in [6.07, 6.45) is 1.43. The van der Waals surface area contributed by atoms with Crippen molar-refractivity contribution in [2.24, 2.45) is 9.86 Å². The number of nitrogens with one attached hydrogen (secondary N) is 3. The lowest BCUT2D eigenvalue weighted by Crippen LogP contribution is -2.24. The predicted octanol–water partition coefficient (Wildman–Crippen LogP) is 0.510. The van der Waals surface area contributed by atoms with Crippen LogP contribution >= 0.6 is 24.0 Å². The van der Waals surface area contributed by atoms with Crippen LogP contribution in [-0.4, -0.2) is 14.9 Å². The van der Waals surface area contributed by atoms with E-state index in [0.29, 0.717) is 4.77 Å². The highest BCUT2D eigenvalue weighted by molar-refractivity contribution is 7.71. The van der Waals surface area contributed by atoms with Gasteiger partial charge in [0.05, 0.1) is 11.8 Å². The Kier molecular flexibility index (Phi) is 2.81. The van der Waals surface area contributed by atoms with Crippen LogP contribution in [0.3, 0.4) is 0 Å². The number of hydrogen-bond acceptors (Lipinski definition) is 5. The van der Waals surface area contributed by atoms with Crippen LogP contribution < -0.4 is 11.1 Å². The molecule has 0 spiro atoms. The maximum atomic E-state index is 4.88. The molecule has 1 rings (SSSR count). The molecule has 0 amide bonds. The van der Waals surface area contributed by atoms with Gasteiger partial charge in [-0.25, -0.2) is 10.2 Å². The van der Waals surface area contributed by atoms with E-state index in [4.69, 9.17) is 24.0 Å². The number of aromatic amines is 1. The molecule has 0 aliphatic carbocycles. The van der Waals surface area contributed by atoms with Gasteiger partial charge in [0.1, 0.15) is 6.33 Å². The van der Waals surface area contributed by atoms with Crippen LogP contribution in [0, 0.1) is 4.77 Å². The van der Waals surface area contributed by atoms with Gasteiger partial charge in [0.25, 0.3) is 0 Å². The second-order valence-corrected chi connectivity index (χ2v) is 1.97. The standard InChI is InChI=1S/C2H4ClN7S/c3-6-7-8-9-10-1-4-5-2(10)11/h1H,(H,5,11)(H,6,8)(H,7,9). The van der Waals surface area contributed by atoms with E-state index < -0.39 is 0 Å².